The fraction of sp³-hybridized carbons (Fsp3) is 0. The van der Waals surface area contributed by atoms with Crippen LogP contribution in [0.4, 0.5) is 4.39 Å². The maximum Gasteiger partial charge on any atom is 0.141 e. The number of hydrogen-bond donors (Lipinski definition) is 0. The van der Waals surface area contributed by atoms with Crippen LogP contribution in [0.15, 0.2) is 54.9 Å². The predicted octanol–water partition coefficient (Wildman–Crippen LogP) is 3.16. The van der Waals surface area contributed by atoms with Crippen LogP contribution in [-0.4, -0.2) is 9.55 Å². The highest BCUT2D eigenvalue weighted by Gasteiger charge is 2.02. The van der Waals surface area contributed by atoms with E-state index in [2.05, 4.69) is 4.98 Å². The number of halogens is 1. The summed E-state index contributed by atoms with van der Waals surface area (Å²) in [5.74, 6) is 0.405. The molecule has 0 saturated heterocycles. The lowest BCUT2D eigenvalue weighted by molar-refractivity contribution is 0.620. The molecule has 0 aliphatic carbocycles. The molecule has 0 radical (unpaired) electrons. The van der Waals surface area contributed by atoms with E-state index in [1.54, 1.807) is 6.07 Å². The number of nitrogens with zero attached hydrogens (tertiary/aromatic N) is 2. The fourth-order valence-electron chi connectivity index (χ4n) is 1.79. The molecule has 0 aliphatic rings. The molecular formula is C13H9FN2. The zero-order valence-electron chi connectivity index (χ0n) is 8.47. The minimum Gasteiger partial charge on any atom is -0.301 e. The number of para-hydroxylation sites is 1. The van der Waals surface area contributed by atoms with E-state index in [4.69, 9.17) is 0 Å². The zero-order valence-corrected chi connectivity index (χ0v) is 8.47. The molecule has 16 heavy (non-hydrogen) atoms. The quantitative estimate of drug-likeness (QED) is 0.605. The fourth-order valence-corrected chi connectivity index (χ4v) is 1.79. The van der Waals surface area contributed by atoms with Gasteiger partial charge >= 0.3 is 0 Å². The summed E-state index contributed by atoms with van der Waals surface area (Å²) in [6.45, 7) is 0. The zero-order chi connectivity index (χ0) is 11.0. The van der Waals surface area contributed by atoms with E-state index in [0.29, 0.717) is 0 Å². The van der Waals surface area contributed by atoms with Crippen LogP contribution >= 0.6 is 0 Å². The second kappa shape index (κ2) is 3.45. The molecule has 0 saturated carbocycles. The standard InChI is InChI=1S/C13H9FN2/c14-11-5-6-13(15-9-11)16-8-7-10-3-1-2-4-12(10)16/h1-9H. The third-order valence-electron chi connectivity index (χ3n) is 2.56. The summed E-state index contributed by atoms with van der Waals surface area (Å²) in [5.41, 5.74) is 1.07. The van der Waals surface area contributed by atoms with Crippen molar-refractivity contribution in [1.82, 2.24) is 9.55 Å². The van der Waals surface area contributed by atoms with Gasteiger partial charge in [-0.15, -0.1) is 0 Å². The minimum absolute atomic E-state index is 0.319. The van der Waals surface area contributed by atoms with E-state index >= 15 is 0 Å². The van der Waals surface area contributed by atoms with E-state index in [0.717, 1.165) is 16.7 Å². The van der Waals surface area contributed by atoms with Crippen molar-refractivity contribution in [3.05, 3.63) is 60.7 Å². The average Bonchev–Trinajstić information content (AvgIpc) is 2.74. The Kier molecular flexibility index (Phi) is 1.96. The highest BCUT2D eigenvalue weighted by molar-refractivity contribution is 5.81. The van der Waals surface area contributed by atoms with Crippen LogP contribution in [0.3, 0.4) is 0 Å². The van der Waals surface area contributed by atoms with Gasteiger partial charge in [0, 0.05) is 6.20 Å². The highest BCUT2D eigenvalue weighted by atomic mass is 19.1. The minimum atomic E-state index is -0.319. The van der Waals surface area contributed by atoms with Gasteiger partial charge in [0.05, 0.1) is 11.7 Å². The SMILES string of the molecule is Fc1ccc(-n2ccc3ccccc32)nc1. The van der Waals surface area contributed by atoms with Crippen molar-refractivity contribution in [3.8, 4) is 5.82 Å². The first-order valence-corrected chi connectivity index (χ1v) is 5.02. The van der Waals surface area contributed by atoms with Crippen LogP contribution < -0.4 is 0 Å². The Balaban J connectivity index is 2.22. The molecular weight excluding hydrogens is 203 g/mol. The molecule has 78 valence electrons. The highest BCUT2D eigenvalue weighted by Crippen LogP contribution is 2.18. The number of fused-ring (bicyclic) bond motifs is 1. The second-order valence-corrected chi connectivity index (χ2v) is 3.58. The van der Waals surface area contributed by atoms with Crippen molar-refractivity contribution in [2.24, 2.45) is 0 Å². The molecule has 0 spiro atoms. The van der Waals surface area contributed by atoms with Crippen molar-refractivity contribution in [1.29, 1.82) is 0 Å². The maximum absolute atomic E-state index is 12.8. The Morgan fingerprint density at radius 3 is 2.69 bits per heavy atom. The molecule has 2 aromatic heterocycles. The molecule has 1 aromatic carbocycles. The van der Waals surface area contributed by atoms with Gasteiger partial charge < -0.3 is 4.57 Å². The molecule has 2 heterocycles. The molecule has 0 amide bonds. The van der Waals surface area contributed by atoms with Gasteiger partial charge in [-0.2, -0.15) is 0 Å². The van der Waals surface area contributed by atoms with Gasteiger partial charge in [-0.3, -0.25) is 0 Å². The van der Waals surface area contributed by atoms with E-state index < -0.39 is 0 Å². The first-order valence-electron chi connectivity index (χ1n) is 5.02. The Hall–Kier alpha value is -2.16. The van der Waals surface area contributed by atoms with Crippen LogP contribution in [0.1, 0.15) is 0 Å². The van der Waals surface area contributed by atoms with Crippen molar-refractivity contribution in [2.45, 2.75) is 0 Å². The second-order valence-electron chi connectivity index (χ2n) is 3.58. The number of rotatable bonds is 1. The number of aromatic nitrogens is 2. The van der Waals surface area contributed by atoms with E-state index in [1.807, 2.05) is 41.1 Å². The van der Waals surface area contributed by atoms with E-state index in [1.165, 1.54) is 12.3 Å². The summed E-state index contributed by atoms with van der Waals surface area (Å²) < 4.78 is 14.7. The van der Waals surface area contributed by atoms with Crippen molar-refractivity contribution < 1.29 is 4.39 Å². The molecule has 2 nitrogen and oxygen atoms in total. The van der Waals surface area contributed by atoms with Gasteiger partial charge in [-0.25, -0.2) is 9.37 Å². The number of benzene rings is 1. The van der Waals surface area contributed by atoms with Gasteiger partial charge in [0.25, 0.3) is 0 Å². The van der Waals surface area contributed by atoms with E-state index in [-0.39, 0.29) is 5.82 Å². The van der Waals surface area contributed by atoms with Gasteiger partial charge in [0.1, 0.15) is 11.6 Å². The van der Waals surface area contributed by atoms with E-state index in [9.17, 15) is 4.39 Å². The van der Waals surface area contributed by atoms with Crippen molar-refractivity contribution in [2.75, 3.05) is 0 Å². The monoisotopic (exact) mass is 212 g/mol. The lowest BCUT2D eigenvalue weighted by Crippen LogP contribution is -1.95. The number of pyridine rings is 1. The first kappa shape index (κ1) is 9.09. The summed E-state index contributed by atoms with van der Waals surface area (Å²) in [5, 5.41) is 1.15. The summed E-state index contributed by atoms with van der Waals surface area (Å²) in [6.07, 6.45) is 3.16. The molecule has 0 atom stereocenters. The number of hydrogen-bond acceptors (Lipinski definition) is 1. The van der Waals surface area contributed by atoms with Gasteiger partial charge in [0.2, 0.25) is 0 Å². The Bertz CT molecular complexity index is 626. The smallest absolute Gasteiger partial charge is 0.141 e. The Labute approximate surface area is 92.0 Å². The summed E-state index contributed by atoms with van der Waals surface area (Å²) in [6, 6.07) is 13.1. The topological polar surface area (TPSA) is 17.8 Å². The molecule has 3 rings (SSSR count). The normalized spacial score (nSPS) is 10.8. The van der Waals surface area contributed by atoms with Crippen molar-refractivity contribution >= 4 is 10.9 Å². The Morgan fingerprint density at radius 1 is 1.00 bits per heavy atom. The van der Waals surface area contributed by atoms with Gasteiger partial charge in [0.15, 0.2) is 0 Å². The maximum atomic E-state index is 12.8. The Morgan fingerprint density at radius 2 is 1.88 bits per heavy atom. The summed E-state index contributed by atoms with van der Waals surface area (Å²) in [4.78, 5) is 4.06. The van der Waals surface area contributed by atoms with Gasteiger partial charge in [-0.05, 0) is 29.7 Å². The molecule has 0 N–H and O–H groups in total. The third kappa shape index (κ3) is 1.37. The van der Waals surface area contributed by atoms with Gasteiger partial charge in [-0.1, -0.05) is 18.2 Å². The molecule has 0 fully saturated rings. The van der Waals surface area contributed by atoms with Crippen LogP contribution in [0.25, 0.3) is 16.7 Å². The van der Waals surface area contributed by atoms with Crippen LogP contribution in [0.5, 0.6) is 0 Å². The summed E-state index contributed by atoms with van der Waals surface area (Å²) in [7, 11) is 0. The average molecular weight is 212 g/mol. The lowest BCUT2D eigenvalue weighted by atomic mass is 10.2. The molecule has 0 bridgehead atoms. The van der Waals surface area contributed by atoms with Crippen LogP contribution in [0, 0.1) is 5.82 Å². The van der Waals surface area contributed by atoms with Crippen molar-refractivity contribution in [3.63, 3.8) is 0 Å². The molecule has 0 aliphatic heterocycles. The first-order chi connectivity index (χ1) is 7.84. The predicted molar refractivity (Wildman–Crippen MR) is 61.0 cm³/mol. The third-order valence-corrected chi connectivity index (χ3v) is 2.56. The van der Waals surface area contributed by atoms with Crippen LogP contribution in [-0.2, 0) is 0 Å². The van der Waals surface area contributed by atoms with Crippen LogP contribution in [0.2, 0.25) is 0 Å². The molecule has 3 heteroatoms. The molecule has 3 aromatic rings. The summed E-state index contributed by atoms with van der Waals surface area (Å²) >= 11 is 0. The largest absolute Gasteiger partial charge is 0.301 e. The molecule has 0 unspecified atom stereocenters. The lowest BCUT2D eigenvalue weighted by Gasteiger charge is -2.03.